The first kappa shape index (κ1) is 7.59. The SMILES string of the molecule is C#CCOC(=O)CC#C. The van der Waals surface area contributed by atoms with Crippen molar-refractivity contribution in [3.63, 3.8) is 0 Å². The van der Waals surface area contributed by atoms with Crippen LogP contribution in [0.2, 0.25) is 0 Å². The third-order valence-electron chi connectivity index (χ3n) is 0.563. The van der Waals surface area contributed by atoms with E-state index in [0.29, 0.717) is 0 Å². The topological polar surface area (TPSA) is 26.3 Å². The molecular weight excluding hydrogens is 116 g/mol. The molecule has 0 aliphatic rings. The van der Waals surface area contributed by atoms with E-state index in [9.17, 15) is 4.79 Å². The maximum Gasteiger partial charge on any atom is 0.318 e. The molecule has 2 nitrogen and oxygen atoms in total. The van der Waals surface area contributed by atoms with Crippen molar-refractivity contribution in [2.24, 2.45) is 0 Å². The minimum absolute atomic E-state index is 0.000509. The van der Waals surface area contributed by atoms with Crippen molar-refractivity contribution in [2.75, 3.05) is 6.61 Å². The zero-order chi connectivity index (χ0) is 7.11. The zero-order valence-corrected chi connectivity index (χ0v) is 4.89. The molecule has 0 aromatic heterocycles. The van der Waals surface area contributed by atoms with Crippen molar-refractivity contribution >= 4 is 5.97 Å². The second-order valence-corrected chi connectivity index (χ2v) is 1.25. The van der Waals surface area contributed by atoms with Crippen LogP contribution in [0.5, 0.6) is 0 Å². The standard InChI is InChI=1S/C7H6O2/c1-3-5-7(8)9-6-4-2/h1-2H,5-6H2. The Hall–Kier alpha value is -1.41. The van der Waals surface area contributed by atoms with Crippen molar-refractivity contribution < 1.29 is 9.53 Å². The van der Waals surface area contributed by atoms with Crippen LogP contribution in [-0.2, 0) is 9.53 Å². The summed E-state index contributed by atoms with van der Waals surface area (Å²) in [6.45, 7) is 0.000509. The molecule has 0 amide bonds. The number of carbonyl (C=O) groups excluding carboxylic acids is 1. The summed E-state index contributed by atoms with van der Waals surface area (Å²) in [7, 11) is 0. The van der Waals surface area contributed by atoms with Gasteiger partial charge in [0.25, 0.3) is 0 Å². The van der Waals surface area contributed by atoms with Crippen LogP contribution in [0.3, 0.4) is 0 Å². The first-order valence-electron chi connectivity index (χ1n) is 2.33. The second-order valence-electron chi connectivity index (χ2n) is 1.25. The van der Waals surface area contributed by atoms with Crippen LogP contribution >= 0.6 is 0 Å². The quantitative estimate of drug-likeness (QED) is 0.386. The first-order valence-corrected chi connectivity index (χ1v) is 2.33. The molecule has 0 aliphatic heterocycles. The van der Waals surface area contributed by atoms with Gasteiger partial charge in [-0.25, -0.2) is 0 Å². The highest BCUT2D eigenvalue weighted by Crippen LogP contribution is 1.81. The Balaban J connectivity index is 3.33. The highest BCUT2D eigenvalue weighted by molar-refractivity contribution is 5.72. The molecule has 0 N–H and O–H groups in total. The molecule has 0 saturated carbocycles. The first-order chi connectivity index (χ1) is 4.31. The van der Waals surface area contributed by atoms with Gasteiger partial charge in [-0.2, -0.15) is 0 Å². The van der Waals surface area contributed by atoms with E-state index in [1.807, 2.05) is 0 Å². The van der Waals surface area contributed by atoms with Crippen molar-refractivity contribution in [1.29, 1.82) is 0 Å². The summed E-state index contributed by atoms with van der Waals surface area (Å²) < 4.78 is 4.41. The molecule has 0 fully saturated rings. The third kappa shape index (κ3) is 4.44. The van der Waals surface area contributed by atoms with Gasteiger partial charge in [-0.15, -0.1) is 12.8 Å². The van der Waals surface area contributed by atoms with Crippen LogP contribution < -0.4 is 0 Å². The van der Waals surface area contributed by atoms with E-state index in [2.05, 4.69) is 16.6 Å². The molecule has 0 atom stereocenters. The number of carbonyl (C=O) groups is 1. The van der Waals surface area contributed by atoms with Crippen LogP contribution in [0.4, 0.5) is 0 Å². The summed E-state index contributed by atoms with van der Waals surface area (Å²) in [4.78, 5) is 10.3. The molecule has 0 aliphatic carbocycles. The molecule has 9 heavy (non-hydrogen) atoms. The van der Waals surface area contributed by atoms with Gasteiger partial charge in [-0.05, 0) is 0 Å². The minimum atomic E-state index is -0.449. The second kappa shape index (κ2) is 4.74. The van der Waals surface area contributed by atoms with Crippen LogP contribution in [0.25, 0.3) is 0 Å². The molecular formula is C7H6O2. The van der Waals surface area contributed by atoms with Gasteiger partial charge in [0, 0.05) is 0 Å². The zero-order valence-electron chi connectivity index (χ0n) is 4.89. The number of terminal acetylenes is 2. The van der Waals surface area contributed by atoms with E-state index < -0.39 is 5.97 Å². The van der Waals surface area contributed by atoms with Gasteiger partial charge >= 0.3 is 5.97 Å². The van der Waals surface area contributed by atoms with Crippen molar-refractivity contribution in [3.8, 4) is 24.7 Å². The van der Waals surface area contributed by atoms with Crippen LogP contribution in [0.1, 0.15) is 6.42 Å². The predicted molar refractivity (Wildman–Crippen MR) is 33.2 cm³/mol. The number of hydrogen-bond acceptors (Lipinski definition) is 2. The average Bonchev–Trinajstić information content (AvgIpc) is 1.85. The Bertz CT molecular complexity index is 168. The molecule has 2 heteroatoms. The molecule has 0 heterocycles. The normalized spacial score (nSPS) is 6.89. The molecule has 46 valence electrons. The fourth-order valence-corrected chi connectivity index (χ4v) is 0.257. The molecule has 0 spiro atoms. The lowest BCUT2D eigenvalue weighted by Gasteiger charge is -1.93. The van der Waals surface area contributed by atoms with Gasteiger partial charge < -0.3 is 4.74 Å². The molecule has 0 aromatic rings. The van der Waals surface area contributed by atoms with E-state index in [1.54, 1.807) is 0 Å². The van der Waals surface area contributed by atoms with Gasteiger partial charge in [-0.3, -0.25) is 4.79 Å². The summed E-state index contributed by atoms with van der Waals surface area (Å²) in [6, 6.07) is 0. The minimum Gasteiger partial charge on any atom is -0.452 e. The Morgan fingerprint density at radius 3 is 2.56 bits per heavy atom. The summed E-state index contributed by atoms with van der Waals surface area (Å²) in [6.07, 6.45) is 9.58. The maximum absolute atomic E-state index is 10.3. The molecule has 0 bridgehead atoms. The number of esters is 1. The predicted octanol–water partition coefficient (Wildman–Crippen LogP) is 0.186. The Morgan fingerprint density at radius 2 is 2.11 bits per heavy atom. The van der Waals surface area contributed by atoms with Crippen molar-refractivity contribution in [1.82, 2.24) is 0 Å². The van der Waals surface area contributed by atoms with Gasteiger partial charge in [0.05, 0.1) is 0 Å². The lowest BCUT2D eigenvalue weighted by Crippen LogP contribution is -2.02. The largest absolute Gasteiger partial charge is 0.452 e. The number of ether oxygens (including phenoxy) is 1. The third-order valence-corrected chi connectivity index (χ3v) is 0.563. The summed E-state index contributed by atoms with van der Waals surface area (Å²) in [5.41, 5.74) is 0. The Kier molecular flexibility index (Phi) is 4.00. The van der Waals surface area contributed by atoms with E-state index in [4.69, 9.17) is 12.8 Å². The number of rotatable bonds is 2. The van der Waals surface area contributed by atoms with Gasteiger partial charge in [-0.1, -0.05) is 11.8 Å². The lowest BCUT2D eigenvalue weighted by molar-refractivity contribution is -0.140. The van der Waals surface area contributed by atoms with E-state index in [0.717, 1.165) is 0 Å². The highest BCUT2D eigenvalue weighted by atomic mass is 16.5. The van der Waals surface area contributed by atoms with Gasteiger partial charge in [0.15, 0.2) is 6.61 Å². The van der Waals surface area contributed by atoms with Crippen LogP contribution in [0, 0.1) is 24.7 Å². The average molecular weight is 122 g/mol. The number of hydrogen-bond donors (Lipinski definition) is 0. The lowest BCUT2D eigenvalue weighted by atomic mass is 10.5. The summed E-state index contributed by atoms with van der Waals surface area (Å²) in [5, 5.41) is 0. The van der Waals surface area contributed by atoms with E-state index in [1.165, 1.54) is 0 Å². The molecule has 0 rings (SSSR count). The molecule has 0 unspecified atom stereocenters. The Labute approximate surface area is 54.2 Å². The summed E-state index contributed by atoms with van der Waals surface area (Å²) in [5.74, 6) is 3.83. The fraction of sp³-hybridized carbons (Fsp3) is 0.286. The molecule has 0 saturated heterocycles. The van der Waals surface area contributed by atoms with Gasteiger partial charge in [0.2, 0.25) is 0 Å². The van der Waals surface area contributed by atoms with Gasteiger partial charge in [0.1, 0.15) is 6.42 Å². The van der Waals surface area contributed by atoms with E-state index in [-0.39, 0.29) is 13.0 Å². The molecule has 0 radical (unpaired) electrons. The van der Waals surface area contributed by atoms with Crippen LogP contribution in [0.15, 0.2) is 0 Å². The van der Waals surface area contributed by atoms with E-state index >= 15 is 0 Å². The van der Waals surface area contributed by atoms with Crippen molar-refractivity contribution in [2.45, 2.75) is 6.42 Å². The van der Waals surface area contributed by atoms with Crippen LogP contribution in [-0.4, -0.2) is 12.6 Å². The monoisotopic (exact) mass is 122 g/mol. The summed E-state index contributed by atoms with van der Waals surface area (Å²) >= 11 is 0. The molecule has 0 aromatic carbocycles. The fourth-order valence-electron chi connectivity index (χ4n) is 0.257. The Morgan fingerprint density at radius 1 is 1.44 bits per heavy atom. The smallest absolute Gasteiger partial charge is 0.318 e. The highest BCUT2D eigenvalue weighted by Gasteiger charge is 1.95. The van der Waals surface area contributed by atoms with Crippen molar-refractivity contribution in [3.05, 3.63) is 0 Å². The maximum atomic E-state index is 10.3.